The summed E-state index contributed by atoms with van der Waals surface area (Å²) in [6.07, 6.45) is 6.37. The second-order valence-corrected chi connectivity index (χ2v) is 12.3. The lowest BCUT2D eigenvalue weighted by Crippen LogP contribution is -2.62. The Hall–Kier alpha value is -1.74. The second-order valence-electron chi connectivity index (χ2n) is 12.3. The molecule has 10 atom stereocenters. The van der Waals surface area contributed by atoms with Gasteiger partial charge >= 0.3 is 5.97 Å². The summed E-state index contributed by atoms with van der Waals surface area (Å²) in [6.45, 7) is 4.43. The molecule has 10 unspecified atom stereocenters. The highest BCUT2D eigenvalue weighted by molar-refractivity contribution is 6.08. The molecule has 6 nitrogen and oxygen atoms in total. The van der Waals surface area contributed by atoms with Gasteiger partial charge in [-0.2, -0.15) is 5.26 Å². The molecule has 2 spiro atoms. The van der Waals surface area contributed by atoms with Gasteiger partial charge in [0.25, 0.3) is 0 Å². The number of nitriles is 1. The molecule has 2 saturated heterocycles. The molecule has 5 aliphatic carbocycles. The van der Waals surface area contributed by atoms with Gasteiger partial charge in [-0.3, -0.25) is 14.4 Å². The van der Waals surface area contributed by atoms with Crippen LogP contribution in [0.5, 0.6) is 0 Å². The van der Waals surface area contributed by atoms with Crippen LogP contribution in [0.1, 0.15) is 71.6 Å². The number of Topliss-reactive ketones (excluding diaryl/α,β-unsaturated/α-hetero) is 2. The lowest BCUT2D eigenvalue weighted by Gasteiger charge is -2.61. The molecular formula is C25H29NO5. The SMILES string of the molecule is CC12CCC(=O)C3C(=O)C(CC31C#N)C1(C2)C2OC2CC2(C)C1CCC21CCC(=O)O1. The summed E-state index contributed by atoms with van der Waals surface area (Å²) in [4.78, 5) is 39.0. The lowest BCUT2D eigenvalue weighted by molar-refractivity contribution is -0.178. The number of hydrogen-bond donors (Lipinski definition) is 0. The van der Waals surface area contributed by atoms with Crippen molar-refractivity contribution < 1.29 is 23.9 Å². The number of ketones is 2. The zero-order valence-electron chi connectivity index (χ0n) is 18.2. The number of epoxide rings is 1. The highest BCUT2D eigenvalue weighted by atomic mass is 16.6. The Balaban J connectivity index is 1.42. The van der Waals surface area contributed by atoms with Crippen LogP contribution >= 0.6 is 0 Å². The fourth-order valence-electron chi connectivity index (χ4n) is 10.3. The third-order valence-corrected chi connectivity index (χ3v) is 11.6. The van der Waals surface area contributed by atoms with Crippen LogP contribution < -0.4 is 0 Å². The first-order chi connectivity index (χ1) is 14.7. The summed E-state index contributed by atoms with van der Waals surface area (Å²) >= 11 is 0. The molecule has 7 rings (SSSR count). The zero-order valence-corrected chi connectivity index (χ0v) is 18.2. The molecule has 0 aromatic rings. The summed E-state index contributed by atoms with van der Waals surface area (Å²) in [5.41, 5.74) is -2.23. The van der Waals surface area contributed by atoms with Gasteiger partial charge in [-0.1, -0.05) is 13.8 Å². The average Bonchev–Trinajstić information content (AvgIpc) is 3.16. The first-order valence-corrected chi connectivity index (χ1v) is 12.0. The van der Waals surface area contributed by atoms with Crippen molar-refractivity contribution in [3.63, 3.8) is 0 Å². The molecule has 31 heavy (non-hydrogen) atoms. The molecule has 0 amide bonds. The molecule has 0 radical (unpaired) electrons. The molecule has 2 aliphatic heterocycles. The molecular weight excluding hydrogens is 394 g/mol. The molecule has 2 bridgehead atoms. The van der Waals surface area contributed by atoms with Crippen molar-refractivity contribution in [2.45, 2.75) is 89.4 Å². The van der Waals surface area contributed by atoms with Crippen LogP contribution in [-0.2, 0) is 23.9 Å². The largest absolute Gasteiger partial charge is 0.458 e. The van der Waals surface area contributed by atoms with E-state index < -0.39 is 16.9 Å². The Kier molecular flexibility index (Phi) is 3.08. The number of rotatable bonds is 0. The Morgan fingerprint density at radius 3 is 2.58 bits per heavy atom. The second kappa shape index (κ2) is 5.09. The van der Waals surface area contributed by atoms with E-state index in [1.807, 2.05) is 0 Å². The number of esters is 1. The predicted molar refractivity (Wildman–Crippen MR) is 106 cm³/mol. The summed E-state index contributed by atoms with van der Waals surface area (Å²) < 4.78 is 12.4. The maximum atomic E-state index is 13.9. The Morgan fingerprint density at radius 2 is 1.87 bits per heavy atom. The van der Waals surface area contributed by atoms with Gasteiger partial charge in [0, 0.05) is 29.6 Å². The number of carbonyl (C=O) groups is 3. The standard InChI is InChI=1S/C25H29NO5/c1-21-6-3-14(27)18-19(29)13(9-23(18,21)12-26)25(11-21)16-4-7-24(8-5-17(28)31-24)22(16,2)10-15-20(25)30-15/h13,15-16,18,20H,3-11H2,1-2H3. The van der Waals surface area contributed by atoms with Crippen molar-refractivity contribution in [3.05, 3.63) is 0 Å². The monoisotopic (exact) mass is 423 g/mol. The molecule has 7 fully saturated rings. The van der Waals surface area contributed by atoms with Gasteiger partial charge in [0.1, 0.15) is 17.2 Å². The fraction of sp³-hybridized carbons (Fsp3) is 0.840. The normalized spacial score (nSPS) is 60.7. The van der Waals surface area contributed by atoms with E-state index in [0.29, 0.717) is 25.7 Å². The Morgan fingerprint density at radius 1 is 1.06 bits per heavy atom. The van der Waals surface area contributed by atoms with Crippen LogP contribution in [0.25, 0.3) is 0 Å². The highest BCUT2D eigenvalue weighted by Crippen LogP contribution is 2.81. The van der Waals surface area contributed by atoms with E-state index in [2.05, 4.69) is 19.9 Å². The zero-order chi connectivity index (χ0) is 21.6. The lowest BCUT2D eigenvalue weighted by atomic mass is 9.40. The van der Waals surface area contributed by atoms with Gasteiger partial charge in [-0.05, 0) is 56.3 Å². The van der Waals surface area contributed by atoms with E-state index >= 15 is 0 Å². The minimum absolute atomic E-state index is 0.0119. The van der Waals surface area contributed by atoms with Crippen molar-refractivity contribution in [2.75, 3.05) is 0 Å². The Labute approximate surface area is 182 Å². The molecule has 0 aromatic heterocycles. The third-order valence-electron chi connectivity index (χ3n) is 11.6. The van der Waals surface area contributed by atoms with E-state index in [1.165, 1.54) is 0 Å². The molecule has 164 valence electrons. The summed E-state index contributed by atoms with van der Waals surface area (Å²) in [6, 6.07) is 2.53. The number of nitrogens with zero attached hydrogens (tertiary/aromatic N) is 1. The molecule has 7 aliphatic rings. The van der Waals surface area contributed by atoms with Gasteiger partial charge in [0.05, 0.1) is 29.6 Å². The smallest absolute Gasteiger partial charge is 0.306 e. The van der Waals surface area contributed by atoms with Gasteiger partial charge in [-0.25, -0.2) is 0 Å². The van der Waals surface area contributed by atoms with Crippen molar-refractivity contribution in [1.82, 2.24) is 0 Å². The number of carbonyl (C=O) groups excluding carboxylic acids is 3. The first-order valence-electron chi connectivity index (χ1n) is 12.0. The van der Waals surface area contributed by atoms with Crippen molar-refractivity contribution in [1.29, 1.82) is 5.26 Å². The Bertz CT molecular complexity index is 1020. The number of fused-ring (bicyclic) bond motifs is 7. The average molecular weight is 424 g/mol. The van der Waals surface area contributed by atoms with E-state index in [0.717, 1.165) is 32.1 Å². The fourth-order valence-corrected chi connectivity index (χ4v) is 10.3. The summed E-state index contributed by atoms with van der Waals surface area (Å²) in [5, 5.41) is 10.3. The molecule has 0 N–H and O–H groups in total. The topological polar surface area (TPSA) is 96.8 Å². The van der Waals surface area contributed by atoms with Crippen LogP contribution in [0.4, 0.5) is 0 Å². The van der Waals surface area contributed by atoms with Crippen LogP contribution in [0.15, 0.2) is 0 Å². The number of hydrogen-bond acceptors (Lipinski definition) is 6. The van der Waals surface area contributed by atoms with Gasteiger partial charge in [0.15, 0.2) is 0 Å². The first kappa shape index (κ1) is 18.8. The van der Waals surface area contributed by atoms with Crippen LogP contribution in [0.3, 0.4) is 0 Å². The number of ether oxygens (including phenoxy) is 2. The maximum absolute atomic E-state index is 13.9. The van der Waals surface area contributed by atoms with Crippen molar-refractivity contribution >= 4 is 17.5 Å². The minimum atomic E-state index is -0.857. The molecule has 2 heterocycles. The van der Waals surface area contributed by atoms with E-state index in [-0.39, 0.29) is 57.8 Å². The van der Waals surface area contributed by atoms with Crippen molar-refractivity contribution in [3.8, 4) is 6.07 Å². The third kappa shape index (κ3) is 1.73. The van der Waals surface area contributed by atoms with Crippen LogP contribution in [0.2, 0.25) is 0 Å². The molecule has 0 aromatic carbocycles. The van der Waals surface area contributed by atoms with E-state index in [9.17, 15) is 19.6 Å². The summed E-state index contributed by atoms with van der Waals surface area (Å²) in [5.74, 6) is -0.954. The minimum Gasteiger partial charge on any atom is -0.458 e. The molecule has 6 heteroatoms. The van der Waals surface area contributed by atoms with Gasteiger partial charge in [0.2, 0.25) is 0 Å². The highest BCUT2D eigenvalue weighted by Gasteiger charge is 2.84. The van der Waals surface area contributed by atoms with Crippen molar-refractivity contribution in [2.24, 2.45) is 39.4 Å². The van der Waals surface area contributed by atoms with Gasteiger partial charge < -0.3 is 9.47 Å². The quantitative estimate of drug-likeness (QED) is 0.337. The maximum Gasteiger partial charge on any atom is 0.306 e. The molecule has 5 saturated carbocycles. The predicted octanol–water partition coefficient (Wildman–Crippen LogP) is 3.12. The van der Waals surface area contributed by atoms with Crippen LogP contribution in [0, 0.1) is 50.7 Å². The van der Waals surface area contributed by atoms with E-state index in [1.54, 1.807) is 0 Å². The van der Waals surface area contributed by atoms with Gasteiger partial charge in [-0.15, -0.1) is 0 Å². The summed E-state index contributed by atoms with van der Waals surface area (Å²) in [7, 11) is 0. The van der Waals surface area contributed by atoms with Crippen LogP contribution in [-0.4, -0.2) is 35.3 Å². The van der Waals surface area contributed by atoms with E-state index in [4.69, 9.17) is 9.47 Å².